The van der Waals surface area contributed by atoms with Crippen molar-refractivity contribution < 1.29 is 31.9 Å². The summed E-state index contributed by atoms with van der Waals surface area (Å²) < 4.78 is 57.5. The van der Waals surface area contributed by atoms with Gasteiger partial charge in [-0.2, -0.15) is 13.2 Å². The molecule has 1 aromatic carbocycles. The predicted molar refractivity (Wildman–Crippen MR) is 109 cm³/mol. The van der Waals surface area contributed by atoms with Crippen molar-refractivity contribution >= 4 is 11.9 Å². The van der Waals surface area contributed by atoms with Gasteiger partial charge in [0.25, 0.3) is 5.91 Å². The zero-order valence-electron chi connectivity index (χ0n) is 18.0. The van der Waals surface area contributed by atoms with Crippen LogP contribution in [0.3, 0.4) is 0 Å². The maximum atomic E-state index is 13.6. The number of likely N-dealkylation sites (tertiary alicyclic amines) is 1. The van der Waals surface area contributed by atoms with Crippen LogP contribution >= 0.6 is 0 Å². The first kappa shape index (κ1) is 25.1. The molecule has 8 heteroatoms. The molecule has 0 spiro atoms. The van der Waals surface area contributed by atoms with E-state index in [2.05, 4.69) is 6.92 Å². The van der Waals surface area contributed by atoms with Gasteiger partial charge in [-0.1, -0.05) is 45.4 Å². The Hall–Kier alpha value is -2.12. The smallest absolute Gasteiger partial charge is 0.416 e. The average molecular weight is 445 g/mol. The molecule has 1 aliphatic rings. The van der Waals surface area contributed by atoms with Gasteiger partial charge >= 0.3 is 12.1 Å². The van der Waals surface area contributed by atoms with Crippen molar-refractivity contribution in [3.05, 3.63) is 35.1 Å². The second-order valence-electron chi connectivity index (χ2n) is 8.08. The van der Waals surface area contributed by atoms with E-state index in [0.29, 0.717) is 31.6 Å². The number of piperidine rings is 1. The van der Waals surface area contributed by atoms with Gasteiger partial charge < -0.3 is 9.64 Å². The number of unbranched alkanes of at least 4 members (excludes halogenated alkanes) is 6. The van der Waals surface area contributed by atoms with Crippen LogP contribution in [0.1, 0.15) is 80.6 Å². The van der Waals surface area contributed by atoms with Crippen LogP contribution in [0.25, 0.3) is 0 Å². The van der Waals surface area contributed by atoms with Crippen LogP contribution in [0.5, 0.6) is 0 Å². The van der Waals surface area contributed by atoms with E-state index in [1.807, 2.05) is 0 Å². The molecule has 0 aromatic heterocycles. The third-order valence-corrected chi connectivity index (χ3v) is 5.58. The SMILES string of the molecule is CCCCCCCCCOC(=O)C1CCN(C(=O)c2cc(F)cc(C(F)(F)F)c2)CC1. The minimum absolute atomic E-state index is 0.216. The maximum Gasteiger partial charge on any atom is 0.416 e. The van der Waals surface area contributed by atoms with Gasteiger partial charge in [-0.15, -0.1) is 0 Å². The number of halogens is 4. The Morgan fingerprint density at radius 1 is 1.00 bits per heavy atom. The number of benzene rings is 1. The molecule has 0 unspecified atom stereocenters. The molecule has 1 heterocycles. The summed E-state index contributed by atoms with van der Waals surface area (Å²) in [7, 11) is 0. The summed E-state index contributed by atoms with van der Waals surface area (Å²) in [5.41, 5.74) is -1.54. The van der Waals surface area contributed by atoms with Gasteiger partial charge in [-0.05, 0) is 37.5 Å². The lowest BCUT2D eigenvalue weighted by Crippen LogP contribution is -2.40. The fourth-order valence-corrected chi connectivity index (χ4v) is 3.73. The van der Waals surface area contributed by atoms with Crippen molar-refractivity contribution in [2.75, 3.05) is 19.7 Å². The average Bonchev–Trinajstić information content (AvgIpc) is 2.74. The van der Waals surface area contributed by atoms with E-state index >= 15 is 0 Å². The maximum absolute atomic E-state index is 13.6. The van der Waals surface area contributed by atoms with Crippen molar-refractivity contribution in [1.82, 2.24) is 4.90 Å². The Kier molecular flexibility index (Phi) is 9.78. The molecular formula is C23H31F4NO3. The van der Waals surface area contributed by atoms with Crippen molar-refractivity contribution in [2.45, 2.75) is 70.9 Å². The van der Waals surface area contributed by atoms with Crippen LogP contribution in [0.15, 0.2) is 18.2 Å². The van der Waals surface area contributed by atoms with Gasteiger partial charge in [0, 0.05) is 18.7 Å². The Morgan fingerprint density at radius 2 is 1.61 bits per heavy atom. The topological polar surface area (TPSA) is 46.6 Å². The first-order valence-electron chi connectivity index (χ1n) is 11.1. The zero-order chi connectivity index (χ0) is 22.9. The second-order valence-corrected chi connectivity index (χ2v) is 8.08. The van der Waals surface area contributed by atoms with Crippen LogP contribution < -0.4 is 0 Å². The van der Waals surface area contributed by atoms with Crippen LogP contribution in [0, 0.1) is 11.7 Å². The minimum Gasteiger partial charge on any atom is -0.465 e. The van der Waals surface area contributed by atoms with Gasteiger partial charge in [0.1, 0.15) is 5.82 Å². The summed E-state index contributed by atoms with van der Waals surface area (Å²) in [6.07, 6.45) is 3.90. The summed E-state index contributed by atoms with van der Waals surface area (Å²) in [5, 5.41) is 0. The second kappa shape index (κ2) is 12.1. The molecule has 1 amide bonds. The van der Waals surface area contributed by atoms with Crippen LogP contribution in [0.4, 0.5) is 17.6 Å². The van der Waals surface area contributed by atoms with Crippen molar-refractivity contribution in [2.24, 2.45) is 5.92 Å². The number of nitrogens with zero attached hydrogens (tertiary/aromatic N) is 1. The van der Waals surface area contributed by atoms with Gasteiger partial charge in [-0.25, -0.2) is 4.39 Å². The van der Waals surface area contributed by atoms with Crippen molar-refractivity contribution in [3.8, 4) is 0 Å². The van der Waals surface area contributed by atoms with Crippen molar-refractivity contribution in [1.29, 1.82) is 0 Å². The summed E-state index contributed by atoms with van der Waals surface area (Å²) in [5.74, 6) is -2.39. The standard InChI is InChI=1S/C23H31F4NO3/c1-2-3-4-5-6-7-8-13-31-22(30)17-9-11-28(12-10-17)21(29)18-14-19(23(25,26)27)16-20(24)15-18/h14-17H,2-13H2,1H3. The van der Waals surface area contributed by atoms with Gasteiger partial charge in [0.15, 0.2) is 0 Å². The van der Waals surface area contributed by atoms with E-state index in [4.69, 9.17) is 4.74 Å². The van der Waals surface area contributed by atoms with E-state index in [9.17, 15) is 27.2 Å². The van der Waals surface area contributed by atoms with E-state index in [-0.39, 0.29) is 30.5 Å². The molecule has 1 aromatic rings. The number of carbonyl (C=O) groups excluding carboxylic acids is 2. The highest BCUT2D eigenvalue weighted by molar-refractivity contribution is 5.94. The fourth-order valence-electron chi connectivity index (χ4n) is 3.73. The Bertz CT molecular complexity index is 728. The number of hydrogen-bond donors (Lipinski definition) is 0. The summed E-state index contributed by atoms with van der Waals surface area (Å²) in [6, 6.07) is 1.83. The number of carbonyl (C=O) groups is 2. The normalized spacial score (nSPS) is 15.2. The first-order chi connectivity index (χ1) is 14.7. The molecule has 1 saturated heterocycles. The molecule has 2 rings (SSSR count). The predicted octanol–water partition coefficient (Wildman–Crippen LogP) is 5.99. The number of rotatable bonds is 10. The summed E-state index contributed by atoms with van der Waals surface area (Å²) in [4.78, 5) is 26.1. The van der Waals surface area contributed by atoms with Crippen LogP contribution in [-0.4, -0.2) is 36.5 Å². The molecule has 174 valence electrons. The first-order valence-corrected chi connectivity index (χ1v) is 11.1. The minimum atomic E-state index is -4.73. The number of amides is 1. The third kappa shape index (κ3) is 8.15. The molecule has 31 heavy (non-hydrogen) atoms. The van der Waals surface area contributed by atoms with Gasteiger partial charge in [0.05, 0.1) is 18.1 Å². The molecular weight excluding hydrogens is 414 g/mol. The zero-order valence-corrected chi connectivity index (χ0v) is 18.0. The van der Waals surface area contributed by atoms with E-state index < -0.39 is 23.5 Å². The molecule has 1 aliphatic heterocycles. The largest absolute Gasteiger partial charge is 0.465 e. The Labute approximate surface area is 180 Å². The van der Waals surface area contributed by atoms with E-state index in [0.717, 1.165) is 25.3 Å². The van der Waals surface area contributed by atoms with E-state index in [1.54, 1.807) is 0 Å². The summed E-state index contributed by atoms with van der Waals surface area (Å²) >= 11 is 0. The highest BCUT2D eigenvalue weighted by Gasteiger charge is 2.33. The number of esters is 1. The monoisotopic (exact) mass is 445 g/mol. The third-order valence-electron chi connectivity index (χ3n) is 5.58. The lowest BCUT2D eigenvalue weighted by atomic mass is 9.96. The number of alkyl halides is 3. The van der Waals surface area contributed by atoms with Gasteiger partial charge in [0.2, 0.25) is 0 Å². The molecule has 0 N–H and O–H groups in total. The van der Waals surface area contributed by atoms with E-state index in [1.165, 1.54) is 30.6 Å². The quantitative estimate of drug-likeness (QED) is 0.252. The molecule has 0 bridgehead atoms. The number of hydrogen-bond acceptors (Lipinski definition) is 3. The van der Waals surface area contributed by atoms with Gasteiger partial charge in [-0.3, -0.25) is 9.59 Å². The van der Waals surface area contributed by atoms with Crippen molar-refractivity contribution in [3.63, 3.8) is 0 Å². The molecule has 1 fully saturated rings. The molecule has 0 aliphatic carbocycles. The Morgan fingerprint density at radius 3 is 2.23 bits per heavy atom. The molecule has 0 radical (unpaired) electrons. The molecule has 0 saturated carbocycles. The molecule has 0 atom stereocenters. The highest BCUT2D eigenvalue weighted by Crippen LogP contribution is 2.31. The molecule has 4 nitrogen and oxygen atoms in total. The van der Waals surface area contributed by atoms with Crippen LogP contribution in [-0.2, 0) is 15.7 Å². The lowest BCUT2D eigenvalue weighted by Gasteiger charge is -2.31. The highest BCUT2D eigenvalue weighted by atomic mass is 19.4. The van der Waals surface area contributed by atoms with Crippen LogP contribution in [0.2, 0.25) is 0 Å². The lowest BCUT2D eigenvalue weighted by molar-refractivity contribution is -0.150. The Balaban J connectivity index is 1.75. The number of ether oxygens (including phenoxy) is 1. The fraction of sp³-hybridized carbons (Fsp3) is 0.652. The summed E-state index contributed by atoms with van der Waals surface area (Å²) in [6.45, 7) is 2.99.